The lowest BCUT2D eigenvalue weighted by Gasteiger charge is -2.14. The Morgan fingerprint density at radius 2 is 1.95 bits per heavy atom. The van der Waals surface area contributed by atoms with Crippen LogP contribution in [0.4, 0.5) is 4.39 Å². The summed E-state index contributed by atoms with van der Waals surface area (Å²) in [6.07, 6.45) is -0.776. The van der Waals surface area contributed by atoms with E-state index in [0.717, 1.165) is 12.1 Å². The van der Waals surface area contributed by atoms with Gasteiger partial charge in [0.25, 0.3) is 0 Å². The van der Waals surface area contributed by atoms with E-state index in [9.17, 15) is 22.4 Å². The molecule has 0 fully saturated rings. The van der Waals surface area contributed by atoms with Gasteiger partial charge in [0.05, 0.1) is 16.5 Å². The van der Waals surface area contributed by atoms with Gasteiger partial charge in [0, 0.05) is 0 Å². The standard InChI is InChI=1S/C10H9Cl2FN2O5S/c11-4-1-2-6(8(12)9(4)13)21(19,20)15-5(10(17)18)3-7(14)16/h1-2,5,15H,3H2,(H2,14,16)(H,17,18)/t5-/m1/s1. The summed E-state index contributed by atoms with van der Waals surface area (Å²) < 4.78 is 39.2. The highest BCUT2D eigenvalue weighted by molar-refractivity contribution is 7.89. The zero-order chi connectivity index (χ0) is 16.4. The van der Waals surface area contributed by atoms with Crippen LogP contribution in [0.5, 0.6) is 0 Å². The van der Waals surface area contributed by atoms with E-state index in [1.807, 2.05) is 0 Å². The number of primary amides is 1. The topological polar surface area (TPSA) is 127 Å². The average Bonchev–Trinajstić information content (AvgIpc) is 2.33. The van der Waals surface area contributed by atoms with Gasteiger partial charge < -0.3 is 10.8 Å². The van der Waals surface area contributed by atoms with Crippen molar-refractivity contribution < 1.29 is 27.5 Å². The van der Waals surface area contributed by atoms with Crippen LogP contribution in [0, 0.1) is 5.82 Å². The van der Waals surface area contributed by atoms with E-state index in [2.05, 4.69) is 0 Å². The number of halogens is 3. The number of carbonyl (C=O) groups excluding carboxylic acids is 1. The smallest absolute Gasteiger partial charge is 0.322 e. The summed E-state index contributed by atoms with van der Waals surface area (Å²) in [7, 11) is -4.49. The molecule has 0 aliphatic carbocycles. The summed E-state index contributed by atoms with van der Waals surface area (Å²) in [4.78, 5) is 20.9. The predicted molar refractivity (Wildman–Crippen MR) is 72.0 cm³/mol. The number of hydrogen-bond acceptors (Lipinski definition) is 4. The normalized spacial score (nSPS) is 12.9. The van der Waals surface area contributed by atoms with Gasteiger partial charge in [-0.25, -0.2) is 12.8 Å². The Hall–Kier alpha value is -1.42. The molecule has 1 aromatic rings. The van der Waals surface area contributed by atoms with Gasteiger partial charge >= 0.3 is 5.97 Å². The molecule has 0 saturated heterocycles. The molecule has 1 atom stereocenters. The van der Waals surface area contributed by atoms with Gasteiger partial charge in [0.1, 0.15) is 10.9 Å². The first-order valence-electron chi connectivity index (χ1n) is 5.23. The van der Waals surface area contributed by atoms with Crippen molar-refractivity contribution in [3.63, 3.8) is 0 Å². The summed E-state index contributed by atoms with van der Waals surface area (Å²) >= 11 is 11.0. The molecule has 0 radical (unpaired) electrons. The number of benzene rings is 1. The maximum Gasteiger partial charge on any atom is 0.322 e. The van der Waals surface area contributed by atoms with Gasteiger partial charge in [-0.3, -0.25) is 9.59 Å². The fraction of sp³-hybridized carbons (Fsp3) is 0.200. The third-order valence-corrected chi connectivity index (χ3v) is 4.58. The molecule has 0 aliphatic heterocycles. The van der Waals surface area contributed by atoms with Crippen LogP contribution in [-0.2, 0) is 19.6 Å². The predicted octanol–water partition coefficient (Wildman–Crippen LogP) is 0.739. The lowest BCUT2D eigenvalue weighted by molar-refractivity contribution is -0.140. The van der Waals surface area contributed by atoms with E-state index >= 15 is 0 Å². The number of nitrogens with one attached hydrogen (secondary N) is 1. The molecule has 0 bridgehead atoms. The van der Waals surface area contributed by atoms with Crippen LogP contribution in [0.2, 0.25) is 10.0 Å². The summed E-state index contributed by atoms with van der Waals surface area (Å²) in [6.45, 7) is 0. The van der Waals surface area contributed by atoms with Crippen LogP contribution in [0.25, 0.3) is 0 Å². The van der Waals surface area contributed by atoms with Crippen molar-refractivity contribution in [1.82, 2.24) is 4.72 Å². The first-order valence-corrected chi connectivity index (χ1v) is 7.47. The minimum absolute atomic E-state index is 0.397. The Morgan fingerprint density at radius 3 is 2.43 bits per heavy atom. The average molecular weight is 359 g/mol. The molecule has 116 valence electrons. The Morgan fingerprint density at radius 1 is 1.38 bits per heavy atom. The van der Waals surface area contributed by atoms with Crippen LogP contribution in [-0.4, -0.2) is 31.4 Å². The molecule has 21 heavy (non-hydrogen) atoms. The number of nitrogens with two attached hydrogens (primary N) is 1. The number of rotatable bonds is 6. The molecule has 1 aromatic carbocycles. The van der Waals surface area contributed by atoms with Gasteiger partial charge in [0.15, 0.2) is 5.82 Å². The zero-order valence-corrected chi connectivity index (χ0v) is 12.5. The largest absolute Gasteiger partial charge is 0.480 e. The maximum absolute atomic E-state index is 13.5. The minimum atomic E-state index is -4.49. The Balaban J connectivity index is 3.20. The second kappa shape index (κ2) is 6.56. The van der Waals surface area contributed by atoms with Gasteiger partial charge in [-0.15, -0.1) is 0 Å². The maximum atomic E-state index is 13.5. The zero-order valence-electron chi connectivity index (χ0n) is 10.1. The Kier molecular flexibility index (Phi) is 5.51. The highest BCUT2D eigenvalue weighted by atomic mass is 35.5. The summed E-state index contributed by atoms with van der Waals surface area (Å²) in [5.41, 5.74) is 4.82. The number of amides is 1. The summed E-state index contributed by atoms with van der Waals surface area (Å²) in [6, 6.07) is 0.0442. The fourth-order valence-corrected chi connectivity index (χ4v) is 3.28. The molecule has 0 aromatic heterocycles. The molecule has 11 heteroatoms. The second-order valence-corrected chi connectivity index (χ2v) is 6.32. The summed E-state index contributed by atoms with van der Waals surface area (Å²) in [5.74, 6) is -3.82. The van der Waals surface area contributed by atoms with Crippen LogP contribution in [0.1, 0.15) is 6.42 Å². The highest BCUT2D eigenvalue weighted by Gasteiger charge is 2.29. The van der Waals surface area contributed by atoms with Gasteiger partial charge in [-0.2, -0.15) is 4.72 Å². The number of aliphatic carboxylic acids is 1. The van der Waals surface area contributed by atoms with Crippen LogP contribution < -0.4 is 10.5 Å². The minimum Gasteiger partial charge on any atom is -0.480 e. The van der Waals surface area contributed by atoms with E-state index in [4.69, 9.17) is 34.0 Å². The van der Waals surface area contributed by atoms with E-state index in [1.54, 1.807) is 4.72 Å². The number of carboxylic acid groups (broad SMARTS) is 1. The van der Waals surface area contributed by atoms with Crippen molar-refractivity contribution in [3.8, 4) is 0 Å². The van der Waals surface area contributed by atoms with E-state index in [0.29, 0.717) is 0 Å². The van der Waals surface area contributed by atoms with E-state index in [1.165, 1.54) is 0 Å². The molecular formula is C10H9Cl2FN2O5S. The molecule has 1 amide bonds. The van der Waals surface area contributed by atoms with Gasteiger partial charge in [-0.05, 0) is 12.1 Å². The molecule has 0 spiro atoms. The molecular weight excluding hydrogens is 350 g/mol. The Bertz CT molecular complexity index is 695. The summed E-state index contributed by atoms with van der Waals surface area (Å²) in [5, 5.41) is 7.65. The number of hydrogen-bond donors (Lipinski definition) is 3. The van der Waals surface area contributed by atoms with Crippen molar-refractivity contribution in [2.24, 2.45) is 5.73 Å². The van der Waals surface area contributed by atoms with Crippen LogP contribution >= 0.6 is 23.2 Å². The van der Waals surface area contributed by atoms with E-state index in [-0.39, 0.29) is 0 Å². The van der Waals surface area contributed by atoms with Gasteiger partial charge in [0.2, 0.25) is 15.9 Å². The van der Waals surface area contributed by atoms with Crippen molar-refractivity contribution >= 4 is 45.1 Å². The second-order valence-electron chi connectivity index (χ2n) is 3.86. The number of sulfonamides is 1. The molecule has 0 heterocycles. The van der Waals surface area contributed by atoms with Crippen molar-refractivity contribution in [2.45, 2.75) is 17.4 Å². The molecule has 0 unspecified atom stereocenters. The van der Waals surface area contributed by atoms with Gasteiger partial charge in [-0.1, -0.05) is 23.2 Å². The van der Waals surface area contributed by atoms with Crippen molar-refractivity contribution in [1.29, 1.82) is 0 Å². The third-order valence-electron chi connectivity index (χ3n) is 2.29. The first-order chi connectivity index (χ1) is 9.56. The third kappa shape index (κ3) is 4.27. The lowest BCUT2D eigenvalue weighted by atomic mass is 10.2. The molecule has 0 aliphatic rings. The highest BCUT2D eigenvalue weighted by Crippen LogP contribution is 2.29. The Labute approximate surface area is 128 Å². The molecule has 1 rings (SSSR count). The molecule has 4 N–H and O–H groups in total. The van der Waals surface area contributed by atoms with Crippen molar-refractivity contribution in [3.05, 3.63) is 28.0 Å². The lowest BCUT2D eigenvalue weighted by Crippen LogP contribution is -2.43. The molecule has 7 nitrogen and oxygen atoms in total. The van der Waals surface area contributed by atoms with Crippen LogP contribution in [0.15, 0.2) is 17.0 Å². The van der Waals surface area contributed by atoms with Crippen LogP contribution in [0.3, 0.4) is 0 Å². The fourth-order valence-electron chi connectivity index (χ4n) is 1.35. The number of carboxylic acids is 1. The molecule has 0 saturated carbocycles. The quantitative estimate of drug-likeness (QED) is 0.646. The monoisotopic (exact) mass is 358 g/mol. The van der Waals surface area contributed by atoms with Crippen molar-refractivity contribution in [2.75, 3.05) is 0 Å². The number of carbonyl (C=O) groups is 2. The first kappa shape index (κ1) is 17.6. The van der Waals surface area contributed by atoms with E-state index < -0.39 is 55.1 Å². The SMILES string of the molecule is NC(=O)C[C@@H](NS(=O)(=O)c1ccc(Cl)c(F)c1Cl)C(=O)O.